The second-order valence-electron chi connectivity index (χ2n) is 2.96. The van der Waals surface area contributed by atoms with Gasteiger partial charge in [-0.1, -0.05) is 26.7 Å². The Morgan fingerprint density at radius 1 is 1.15 bits per heavy atom. The Bertz CT molecular complexity index is 123. The van der Waals surface area contributed by atoms with E-state index in [0.29, 0.717) is 13.1 Å². The van der Waals surface area contributed by atoms with Crippen molar-refractivity contribution in [2.45, 2.75) is 39.5 Å². The molecule has 0 fully saturated rings. The van der Waals surface area contributed by atoms with Gasteiger partial charge in [0.1, 0.15) is 6.09 Å². The van der Waals surface area contributed by atoms with Gasteiger partial charge >= 0.3 is 18.9 Å². The molecule has 0 aromatic carbocycles. The molecule has 0 aliphatic carbocycles. The van der Waals surface area contributed by atoms with Crippen LogP contribution in [0, 0.1) is 0 Å². The van der Waals surface area contributed by atoms with E-state index in [1.165, 1.54) is 4.90 Å². The molecule has 4 heteroatoms. The van der Waals surface area contributed by atoms with Gasteiger partial charge < -0.3 is 14.8 Å². The molecule has 3 nitrogen and oxygen atoms in total. The van der Waals surface area contributed by atoms with Gasteiger partial charge in [0.2, 0.25) is 0 Å². The number of carbonyl (C=O) groups excluding carboxylic acids is 1. The number of hydrogen-bond donors (Lipinski definition) is 0. The minimum atomic E-state index is -1.03. The summed E-state index contributed by atoms with van der Waals surface area (Å²) in [5.41, 5.74) is 0. The first kappa shape index (κ1) is 15.3. The van der Waals surface area contributed by atoms with Crippen molar-refractivity contribution in [2.24, 2.45) is 0 Å². The molecule has 0 unspecified atom stereocenters. The topological polar surface area (TPSA) is 43.4 Å². The van der Waals surface area contributed by atoms with Crippen LogP contribution in [0.25, 0.3) is 0 Å². The van der Waals surface area contributed by atoms with E-state index in [1.807, 2.05) is 13.8 Å². The van der Waals surface area contributed by atoms with Crippen LogP contribution in [-0.2, 0) is 0 Å². The largest absolute Gasteiger partial charge is 1.00 e. The Balaban J connectivity index is 0. The van der Waals surface area contributed by atoms with Gasteiger partial charge in [-0.15, -0.1) is 0 Å². The maximum Gasteiger partial charge on any atom is 1.00 e. The number of rotatable bonds is 6. The zero-order chi connectivity index (χ0) is 9.40. The van der Waals surface area contributed by atoms with Gasteiger partial charge in [0.05, 0.1) is 0 Å². The molecule has 0 aromatic rings. The van der Waals surface area contributed by atoms with Gasteiger partial charge in [0.15, 0.2) is 0 Å². The maximum atomic E-state index is 10.5. The van der Waals surface area contributed by atoms with Gasteiger partial charge in [0, 0.05) is 13.1 Å². The summed E-state index contributed by atoms with van der Waals surface area (Å²) in [4.78, 5) is 11.9. The van der Waals surface area contributed by atoms with Crippen molar-refractivity contribution in [3.05, 3.63) is 0 Å². The molecule has 0 aromatic heterocycles. The average Bonchev–Trinajstić information content (AvgIpc) is 2.04. The molecule has 0 saturated carbocycles. The average molecular weight is 179 g/mol. The Morgan fingerprint density at radius 3 is 1.77 bits per heavy atom. The number of hydrogen-bond acceptors (Lipinski definition) is 2. The molecule has 0 aliphatic heterocycles. The van der Waals surface area contributed by atoms with Gasteiger partial charge in [-0.25, -0.2) is 0 Å². The molecule has 0 saturated heterocycles. The van der Waals surface area contributed by atoms with Crippen LogP contribution >= 0.6 is 0 Å². The molecule has 13 heavy (non-hydrogen) atoms. The minimum absolute atomic E-state index is 0. The molecular formula is C9H18LiNO2. The molecule has 0 atom stereocenters. The summed E-state index contributed by atoms with van der Waals surface area (Å²) in [6.07, 6.45) is 2.87. The summed E-state index contributed by atoms with van der Waals surface area (Å²) in [7, 11) is 0. The van der Waals surface area contributed by atoms with Crippen molar-refractivity contribution >= 4 is 6.09 Å². The van der Waals surface area contributed by atoms with Crippen LogP contribution in [0.1, 0.15) is 39.5 Å². The van der Waals surface area contributed by atoms with Crippen molar-refractivity contribution in [1.82, 2.24) is 4.90 Å². The molecule has 0 heterocycles. The number of nitrogens with zero attached hydrogens (tertiary/aromatic N) is 1. The van der Waals surface area contributed by atoms with Crippen LogP contribution in [-0.4, -0.2) is 24.1 Å². The summed E-state index contributed by atoms with van der Waals surface area (Å²) >= 11 is 0. The van der Waals surface area contributed by atoms with Gasteiger partial charge in [0.25, 0.3) is 0 Å². The van der Waals surface area contributed by atoms with E-state index in [1.54, 1.807) is 0 Å². The van der Waals surface area contributed by atoms with Crippen molar-refractivity contribution in [3.63, 3.8) is 0 Å². The van der Waals surface area contributed by atoms with Gasteiger partial charge in [-0.05, 0) is 12.8 Å². The van der Waals surface area contributed by atoms with E-state index in [-0.39, 0.29) is 18.9 Å². The van der Waals surface area contributed by atoms with E-state index in [9.17, 15) is 9.90 Å². The number of amides is 1. The van der Waals surface area contributed by atoms with E-state index in [0.717, 1.165) is 25.7 Å². The molecular weight excluding hydrogens is 161 g/mol. The van der Waals surface area contributed by atoms with Crippen molar-refractivity contribution in [1.29, 1.82) is 0 Å². The molecule has 0 bridgehead atoms. The van der Waals surface area contributed by atoms with Gasteiger partial charge in [-0.2, -0.15) is 0 Å². The summed E-state index contributed by atoms with van der Waals surface area (Å²) in [5.74, 6) is 0. The van der Waals surface area contributed by atoms with Crippen LogP contribution < -0.4 is 24.0 Å². The number of carbonyl (C=O) groups is 1. The molecule has 1 amide bonds. The van der Waals surface area contributed by atoms with Crippen LogP contribution in [0.3, 0.4) is 0 Å². The van der Waals surface area contributed by atoms with Crippen LogP contribution in [0.5, 0.6) is 0 Å². The SMILES string of the molecule is CCCCN(CCCC)C(=O)[O-].[Li+]. The van der Waals surface area contributed by atoms with Crippen molar-refractivity contribution < 1.29 is 28.8 Å². The fourth-order valence-electron chi connectivity index (χ4n) is 0.992. The first-order valence-corrected chi connectivity index (χ1v) is 4.68. The summed E-state index contributed by atoms with van der Waals surface area (Å²) in [6.45, 7) is 5.35. The molecule has 0 N–H and O–H groups in total. The molecule has 0 aliphatic rings. The quantitative estimate of drug-likeness (QED) is 0.453. The Morgan fingerprint density at radius 2 is 1.54 bits per heavy atom. The molecule has 0 rings (SSSR count). The predicted molar refractivity (Wildman–Crippen MR) is 46.8 cm³/mol. The molecule has 0 radical (unpaired) electrons. The second-order valence-corrected chi connectivity index (χ2v) is 2.96. The normalized spacial score (nSPS) is 9.08. The van der Waals surface area contributed by atoms with Crippen LogP contribution in [0.2, 0.25) is 0 Å². The van der Waals surface area contributed by atoms with Crippen molar-refractivity contribution in [3.8, 4) is 0 Å². The monoisotopic (exact) mass is 179 g/mol. The Hall–Kier alpha value is -0.133. The third-order valence-electron chi connectivity index (χ3n) is 1.82. The summed E-state index contributed by atoms with van der Waals surface area (Å²) in [5, 5.41) is 10.5. The molecule has 72 valence electrons. The number of unbranched alkanes of at least 4 members (excludes halogenated alkanes) is 2. The smallest absolute Gasteiger partial charge is 0.530 e. The first-order valence-electron chi connectivity index (χ1n) is 4.68. The maximum absolute atomic E-state index is 10.5. The fourth-order valence-corrected chi connectivity index (χ4v) is 0.992. The molecule has 0 spiro atoms. The van der Waals surface area contributed by atoms with E-state index in [2.05, 4.69) is 0 Å². The van der Waals surface area contributed by atoms with E-state index >= 15 is 0 Å². The number of carboxylic acid groups (broad SMARTS) is 1. The predicted octanol–water partition coefficient (Wildman–Crippen LogP) is -1.76. The third kappa shape index (κ3) is 8.20. The van der Waals surface area contributed by atoms with Crippen LogP contribution in [0.4, 0.5) is 4.79 Å². The van der Waals surface area contributed by atoms with Gasteiger partial charge in [-0.3, -0.25) is 0 Å². The zero-order valence-electron chi connectivity index (χ0n) is 9.01. The van der Waals surface area contributed by atoms with E-state index in [4.69, 9.17) is 0 Å². The standard InChI is InChI=1S/C9H19NO2.Li/c1-3-5-7-10(9(11)12)8-6-4-2;/h3-8H2,1-2H3,(H,11,12);/q;+1/p-1. The second kappa shape index (κ2) is 9.95. The van der Waals surface area contributed by atoms with E-state index < -0.39 is 6.09 Å². The summed E-state index contributed by atoms with van der Waals surface area (Å²) in [6, 6.07) is 0. The minimum Gasteiger partial charge on any atom is -0.530 e. The van der Waals surface area contributed by atoms with Crippen LogP contribution in [0.15, 0.2) is 0 Å². The first-order chi connectivity index (χ1) is 5.72. The Kier molecular flexibility index (Phi) is 11.7. The summed E-state index contributed by atoms with van der Waals surface area (Å²) < 4.78 is 0. The fraction of sp³-hybridized carbons (Fsp3) is 0.889. The Labute approximate surface area is 92.7 Å². The van der Waals surface area contributed by atoms with Crippen molar-refractivity contribution in [2.75, 3.05) is 13.1 Å². The third-order valence-corrected chi connectivity index (χ3v) is 1.82. The zero-order valence-corrected chi connectivity index (χ0v) is 9.01.